The molecule has 0 bridgehead atoms. The van der Waals surface area contributed by atoms with Gasteiger partial charge in [-0.2, -0.15) is 0 Å². The van der Waals surface area contributed by atoms with Gasteiger partial charge in [-0.05, 0) is 49.2 Å². The van der Waals surface area contributed by atoms with E-state index in [1.54, 1.807) is 0 Å². The van der Waals surface area contributed by atoms with E-state index in [1.165, 1.54) is 22.3 Å². The van der Waals surface area contributed by atoms with Crippen molar-refractivity contribution >= 4 is 11.4 Å². The van der Waals surface area contributed by atoms with Crippen molar-refractivity contribution in [1.82, 2.24) is 0 Å². The molecule has 0 unspecified atom stereocenters. The van der Waals surface area contributed by atoms with Crippen molar-refractivity contribution in [1.29, 1.82) is 0 Å². The Morgan fingerprint density at radius 1 is 0.433 bits per heavy atom. The van der Waals surface area contributed by atoms with E-state index in [-0.39, 0.29) is 12.1 Å². The van der Waals surface area contributed by atoms with Crippen LogP contribution in [0.5, 0.6) is 0 Å². The number of para-hydroxylation sites is 2. The fourth-order valence-electron chi connectivity index (χ4n) is 3.69. The first-order valence-electron chi connectivity index (χ1n) is 10.5. The lowest BCUT2D eigenvalue weighted by Crippen LogP contribution is -2.25. The van der Waals surface area contributed by atoms with Crippen molar-refractivity contribution in [2.75, 3.05) is 10.6 Å². The van der Waals surface area contributed by atoms with E-state index in [4.69, 9.17) is 0 Å². The van der Waals surface area contributed by atoms with Crippen LogP contribution in [0.2, 0.25) is 0 Å². The van der Waals surface area contributed by atoms with Crippen LogP contribution in [0.3, 0.4) is 0 Å². The SMILES string of the molecule is Cc1ccc([C@@H](Nc2ccccc2)[C@@H](Nc2ccccc2)c2ccc(C)cc2)cc1. The lowest BCUT2D eigenvalue weighted by atomic mass is 9.91. The second-order valence-electron chi connectivity index (χ2n) is 7.80. The Hall–Kier alpha value is -3.52. The van der Waals surface area contributed by atoms with Crippen LogP contribution >= 0.6 is 0 Å². The Labute approximate surface area is 179 Å². The highest BCUT2D eigenvalue weighted by Gasteiger charge is 2.25. The molecule has 30 heavy (non-hydrogen) atoms. The molecule has 4 aromatic rings. The van der Waals surface area contributed by atoms with E-state index in [9.17, 15) is 0 Å². The molecular weight excluding hydrogens is 364 g/mol. The van der Waals surface area contributed by atoms with E-state index in [2.05, 4.69) is 122 Å². The highest BCUT2D eigenvalue weighted by Crippen LogP contribution is 2.35. The molecule has 2 heteroatoms. The van der Waals surface area contributed by atoms with E-state index in [1.807, 2.05) is 12.1 Å². The van der Waals surface area contributed by atoms with Gasteiger partial charge >= 0.3 is 0 Å². The van der Waals surface area contributed by atoms with Gasteiger partial charge in [-0.3, -0.25) is 0 Å². The number of hydrogen-bond donors (Lipinski definition) is 2. The van der Waals surface area contributed by atoms with Crippen molar-refractivity contribution in [3.8, 4) is 0 Å². The van der Waals surface area contributed by atoms with Gasteiger partial charge in [-0.15, -0.1) is 0 Å². The molecule has 0 spiro atoms. The number of anilines is 2. The van der Waals surface area contributed by atoms with E-state index in [0.717, 1.165) is 11.4 Å². The summed E-state index contributed by atoms with van der Waals surface area (Å²) in [6, 6.07) is 38.6. The Kier molecular flexibility index (Phi) is 6.14. The Morgan fingerprint density at radius 2 is 0.767 bits per heavy atom. The van der Waals surface area contributed by atoms with E-state index < -0.39 is 0 Å². The Morgan fingerprint density at radius 3 is 1.10 bits per heavy atom. The largest absolute Gasteiger partial charge is 0.376 e. The molecule has 150 valence electrons. The molecule has 0 aliphatic rings. The summed E-state index contributed by atoms with van der Waals surface area (Å²) in [5.74, 6) is 0. The number of nitrogens with one attached hydrogen (secondary N) is 2. The van der Waals surface area contributed by atoms with Crippen LogP contribution < -0.4 is 10.6 Å². The van der Waals surface area contributed by atoms with Crippen LogP contribution in [0.4, 0.5) is 11.4 Å². The molecule has 0 fully saturated rings. The number of hydrogen-bond acceptors (Lipinski definition) is 2. The minimum absolute atomic E-state index is 0.0518. The first-order chi connectivity index (χ1) is 14.7. The summed E-state index contributed by atoms with van der Waals surface area (Å²) in [7, 11) is 0. The van der Waals surface area contributed by atoms with Gasteiger partial charge in [0, 0.05) is 11.4 Å². The summed E-state index contributed by atoms with van der Waals surface area (Å²) in [5.41, 5.74) is 7.24. The third-order valence-corrected chi connectivity index (χ3v) is 5.40. The summed E-state index contributed by atoms with van der Waals surface area (Å²) in [6.07, 6.45) is 0. The molecule has 0 aliphatic carbocycles. The molecule has 0 saturated heterocycles. The summed E-state index contributed by atoms with van der Waals surface area (Å²) in [5, 5.41) is 7.57. The first kappa shape index (κ1) is 19.8. The fraction of sp³-hybridized carbons (Fsp3) is 0.143. The van der Waals surface area contributed by atoms with Gasteiger partial charge in [-0.25, -0.2) is 0 Å². The topological polar surface area (TPSA) is 24.1 Å². The normalized spacial score (nSPS) is 12.7. The van der Waals surface area contributed by atoms with Crippen molar-refractivity contribution in [3.63, 3.8) is 0 Å². The standard InChI is InChI=1S/C28H28N2/c1-21-13-17-23(18-14-21)27(29-25-9-5-3-6-10-25)28(24-19-15-22(2)16-20-24)30-26-11-7-4-8-12-26/h3-20,27-30H,1-2H3/t27-,28+. The summed E-state index contributed by atoms with van der Waals surface area (Å²) < 4.78 is 0. The summed E-state index contributed by atoms with van der Waals surface area (Å²) in [6.45, 7) is 4.26. The Balaban J connectivity index is 1.78. The van der Waals surface area contributed by atoms with Crippen LogP contribution in [-0.4, -0.2) is 0 Å². The van der Waals surface area contributed by atoms with Crippen molar-refractivity contribution in [3.05, 3.63) is 131 Å². The molecular formula is C28H28N2. The van der Waals surface area contributed by atoms with E-state index in [0.29, 0.717) is 0 Å². The molecule has 0 heterocycles. The predicted octanol–water partition coefficient (Wildman–Crippen LogP) is 7.31. The quantitative estimate of drug-likeness (QED) is 0.344. The van der Waals surface area contributed by atoms with Crippen molar-refractivity contribution in [2.45, 2.75) is 25.9 Å². The molecule has 4 aromatic carbocycles. The second-order valence-corrected chi connectivity index (χ2v) is 7.80. The van der Waals surface area contributed by atoms with Crippen molar-refractivity contribution < 1.29 is 0 Å². The number of aryl methyl sites for hydroxylation is 2. The van der Waals surface area contributed by atoms with Crippen LogP contribution in [0.15, 0.2) is 109 Å². The van der Waals surface area contributed by atoms with Crippen LogP contribution in [0.1, 0.15) is 34.3 Å². The highest BCUT2D eigenvalue weighted by molar-refractivity contribution is 5.51. The first-order valence-corrected chi connectivity index (χ1v) is 10.5. The molecule has 0 saturated carbocycles. The Bertz CT molecular complexity index is 950. The molecule has 0 amide bonds. The maximum atomic E-state index is 3.79. The van der Waals surface area contributed by atoms with Crippen LogP contribution in [-0.2, 0) is 0 Å². The maximum absolute atomic E-state index is 3.79. The molecule has 2 atom stereocenters. The summed E-state index contributed by atoms with van der Waals surface area (Å²) >= 11 is 0. The van der Waals surface area contributed by atoms with E-state index >= 15 is 0 Å². The lowest BCUT2D eigenvalue weighted by Gasteiger charge is -2.31. The fourth-order valence-corrected chi connectivity index (χ4v) is 3.69. The third kappa shape index (κ3) is 4.90. The van der Waals surface area contributed by atoms with Gasteiger partial charge in [0.1, 0.15) is 0 Å². The third-order valence-electron chi connectivity index (χ3n) is 5.40. The molecule has 2 N–H and O–H groups in total. The highest BCUT2D eigenvalue weighted by atomic mass is 15.0. The van der Waals surface area contributed by atoms with Crippen LogP contribution in [0, 0.1) is 13.8 Å². The monoisotopic (exact) mass is 392 g/mol. The second kappa shape index (κ2) is 9.32. The summed E-state index contributed by atoms with van der Waals surface area (Å²) in [4.78, 5) is 0. The van der Waals surface area contributed by atoms with Gasteiger partial charge in [0.2, 0.25) is 0 Å². The average Bonchev–Trinajstić information content (AvgIpc) is 2.79. The maximum Gasteiger partial charge on any atom is 0.0757 e. The zero-order valence-electron chi connectivity index (χ0n) is 17.5. The minimum Gasteiger partial charge on any atom is -0.376 e. The van der Waals surface area contributed by atoms with Crippen molar-refractivity contribution in [2.24, 2.45) is 0 Å². The molecule has 0 aliphatic heterocycles. The molecule has 0 radical (unpaired) electrons. The number of benzene rings is 4. The van der Waals surface area contributed by atoms with Gasteiger partial charge in [0.15, 0.2) is 0 Å². The van der Waals surface area contributed by atoms with Gasteiger partial charge in [0.05, 0.1) is 12.1 Å². The van der Waals surface area contributed by atoms with Gasteiger partial charge in [-0.1, -0.05) is 96.1 Å². The number of rotatable bonds is 7. The molecule has 4 rings (SSSR count). The minimum atomic E-state index is 0.0518. The smallest absolute Gasteiger partial charge is 0.0757 e. The lowest BCUT2D eigenvalue weighted by molar-refractivity contribution is 0.649. The predicted molar refractivity (Wildman–Crippen MR) is 128 cm³/mol. The molecule has 0 aromatic heterocycles. The average molecular weight is 393 g/mol. The zero-order chi connectivity index (χ0) is 20.8. The van der Waals surface area contributed by atoms with Gasteiger partial charge < -0.3 is 10.6 Å². The van der Waals surface area contributed by atoms with Gasteiger partial charge in [0.25, 0.3) is 0 Å². The zero-order valence-corrected chi connectivity index (χ0v) is 17.5. The molecule has 2 nitrogen and oxygen atoms in total. The van der Waals surface area contributed by atoms with Crippen LogP contribution in [0.25, 0.3) is 0 Å².